The van der Waals surface area contributed by atoms with Gasteiger partial charge in [0.1, 0.15) is 4.90 Å². The fourth-order valence-electron chi connectivity index (χ4n) is 1.34. The van der Waals surface area contributed by atoms with Crippen LogP contribution in [-0.4, -0.2) is 34.5 Å². The van der Waals surface area contributed by atoms with Crippen molar-refractivity contribution in [3.05, 3.63) is 31.1 Å². The second-order valence-electron chi connectivity index (χ2n) is 3.58. The molecule has 0 saturated heterocycles. The molecule has 9 nitrogen and oxygen atoms in total. The van der Waals surface area contributed by atoms with E-state index >= 15 is 0 Å². The number of sulfonamides is 1. The molecule has 0 fully saturated rings. The summed E-state index contributed by atoms with van der Waals surface area (Å²) < 4.78 is 28.0. The number of imidazole rings is 1. The van der Waals surface area contributed by atoms with Crippen LogP contribution in [0.25, 0.3) is 0 Å². The van der Waals surface area contributed by atoms with Gasteiger partial charge in [0, 0.05) is 25.5 Å². The van der Waals surface area contributed by atoms with E-state index in [0.717, 1.165) is 0 Å². The maximum Gasteiger partial charge on any atom is 0.243 e. The van der Waals surface area contributed by atoms with Gasteiger partial charge in [-0.3, -0.25) is 5.43 Å². The van der Waals surface area contributed by atoms with Crippen molar-refractivity contribution < 1.29 is 8.42 Å². The van der Waals surface area contributed by atoms with Crippen molar-refractivity contribution in [3.63, 3.8) is 0 Å². The first-order chi connectivity index (χ1) is 9.12. The predicted octanol–water partition coefficient (Wildman–Crippen LogP) is -1.06. The summed E-state index contributed by atoms with van der Waals surface area (Å²) in [6, 6.07) is 0. The molecule has 0 atom stereocenters. The number of anilines is 1. The molecule has 2 aromatic rings. The average Bonchev–Trinajstić information content (AvgIpc) is 2.92. The predicted molar refractivity (Wildman–Crippen MR) is 67.3 cm³/mol. The molecule has 0 unspecified atom stereocenters. The number of hydrazine groups is 1. The van der Waals surface area contributed by atoms with E-state index < -0.39 is 10.0 Å². The molecular formula is C9H13N7O2S. The van der Waals surface area contributed by atoms with Crippen molar-refractivity contribution >= 4 is 16.0 Å². The van der Waals surface area contributed by atoms with E-state index in [0.29, 0.717) is 6.54 Å². The van der Waals surface area contributed by atoms with Crippen molar-refractivity contribution in [2.75, 3.05) is 12.0 Å². The summed E-state index contributed by atoms with van der Waals surface area (Å²) in [7, 11) is -3.62. The fourth-order valence-corrected chi connectivity index (χ4v) is 2.25. The molecule has 0 radical (unpaired) electrons. The molecule has 4 N–H and O–H groups in total. The van der Waals surface area contributed by atoms with Crippen molar-refractivity contribution in [3.8, 4) is 0 Å². The molecular weight excluding hydrogens is 270 g/mol. The Morgan fingerprint density at radius 2 is 2.05 bits per heavy atom. The lowest BCUT2D eigenvalue weighted by molar-refractivity contribution is 0.572. The Hall–Kier alpha value is -2.04. The SMILES string of the molecule is NNc1ncc(S(=O)(=O)NCCn2ccnc2)cn1. The van der Waals surface area contributed by atoms with Crippen LogP contribution in [0.15, 0.2) is 36.0 Å². The highest BCUT2D eigenvalue weighted by Gasteiger charge is 2.14. The molecule has 0 spiro atoms. The van der Waals surface area contributed by atoms with E-state index in [1.807, 2.05) is 0 Å². The quantitative estimate of drug-likeness (QED) is 0.455. The lowest BCUT2D eigenvalue weighted by Crippen LogP contribution is -2.27. The fraction of sp³-hybridized carbons (Fsp3) is 0.222. The van der Waals surface area contributed by atoms with Gasteiger partial charge in [0.15, 0.2) is 0 Å². The van der Waals surface area contributed by atoms with E-state index in [2.05, 4.69) is 25.1 Å². The highest BCUT2D eigenvalue weighted by atomic mass is 32.2. The van der Waals surface area contributed by atoms with Crippen LogP contribution in [-0.2, 0) is 16.6 Å². The van der Waals surface area contributed by atoms with E-state index in [9.17, 15) is 8.42 Å². The number of nitrogens with one attached hydrogen (secondary N) is 2. The monoisotopic (exact) mass is 283 g/mol. The summed E-state index contributed by atoms with van der Waals surface area (Å²) in [6.45, 7) is 0.734. The van der Waals surface area contributed by atoms with Crippen LogP contribution < -0.4 is 16.0 Å². The molecule has 0 bridgehead atoms. The van der Waals surface area contributed by atoms with Crippen molar-refractivity contribution in [1.29, 1.82) is 0 Å². The van der Waals surface area contributed by atoms with Crippen LogP contribution in [0.5, 0.6) is 0 Å². The van der Waals surface area contributed by atoms with Gasteiger partial charge in [0.2, 0.25) is 16.0 Å². The van der Waals surface area contributed by atoms with Crippen LogP contribution in [0.4, 0.5) is 5.95 Å². The van der Waals surface area contributed by atoms with Crippen LogP contribution >= 0.6 is 0 Å². The smallest absolute Gasteiger partial charge is 0.243 e. The van der Waals surface area contributed by atoms with Crippen LogP contribution in [0.1, 0.15) is 0 Å². The van der Waals surface area contributed by atoms with Crippen molar-refractivity contribution in [2.45, 2.75) is 11.4 Å². The highest BCUT2D eigenvalue weighted by Crippen LogP contribution is 2.06. The Labute approximate surface area is 109 Å². The molecule has 0 aliphatic heterocycles. The van der Waals surface area contributed by atoms with E-state index in [1.165, 1.54) is 12.4 Å². The molecule has 2 rings (SSSR count). The third-order valence-electron chi connectivity index (χ3n) is 2.29. The molecule has 19 heavy (non-hydrogen) atoms. The lowest BCUT2D eigenvalue weighted by Gasteiger charge is -2.07. The minimum Gasteiger partial charge on any atom is -0.336 e. The van der Waals surface area contributed by atoms with Gasteiger partial charge in [-0.1, -0.05) is 0 Å². The molecule has 0 aliphatic rings. The molecule has 0 saturated carbocycles. The molecule has 2 heterocycles. The van der Waals surface area contributed by atoms with E-state index in [1.54, 1.807) is 23.3 Å². The van der Waals surface area contributed by atoms with Crippen LogP contribution in [0.2, 0.25) is 0 Å². The minimum atomic E-state index is -3.62. The number of aromatic nitrogens is 4. The molecule has 0 amide bonds. The number of hydrogen-bond acceptors (Lipinski definition) is 7. The Balaban J connectivity index is 1.97. The topological polar surface area (TPSA) is 128 Å². The van der Waals surface area contributed by atoms with Gasteiger partial charge in [-0.2, -0.15) is 0 Å². The second kappa shape index (κ2) is 5.73. The molecule has 0 aliphatic carbocycles. The number of nitrogens with zero attached hydrogens (tertiary/aromatic N) is 4. The first-order valence-corrected chi connectivity index (χ1v) is 6.84. The van der Waals surface area contributed by atoms with Crippen molar-refractivity contribution in [1.82, 2.24) is 24.2 Å². The Kier molecular flexibility index (Phi) is 4.04. The van der Waals surface area contributed by atoms with Gasteiger partial charge in [-0.15, -0.1) is 0 Å². The van der Waals surface area contributed by atoms with Gasteiger partial charge in [-0.05, 0) is 0 Å². The second-order valence-corrected chi connectivity index (χ2v) is 5.35. The zero-order valence-corrected chi connectivity index (χ0v) is 10.7. The molecule has 10 heteroatoms. The third kappa shape index (κ3) is 3.47. The maximum atomic E-state index is 11.9. The number of rotatable bonds is 6. The summed E-state index contributed by atoms with van der Waals surface area (Å²) >= 11 is 0. The number of nitrogen functional groups attached to an aromatic ring is 1. The summed E-state index contributed by atoms with van der Waals surface area (Å²) in [5, 5.41) is 0. The summed E-state index contributed by atoms with van der Waals surface area (Å²) in [5.74, 6) is 5.24. The zero-order chi connectivity index (χ0) is 13.7. The Morgan fingerprint density at radius 3 is 2.63 bits per heavy atom. The highest BCUT2D eigenvalue weighted by molar-refractivity contribution is 7.89. The summed E-state index contributed by atoms with van der Waals surface area (Å²) in [5.41, 5.74) is 2.22. The van der Waals surface area contributed by atoms with Gasteiger partial charge in [0.25, 0.3) is 0 Å². The Morgan fingerprint density at radius 1 is 1.32 bits per heavy atom. The number of hydrogen-bond donors (Lipinski definition) is 3. The van der Waals surface area contributed by atoms with Crippen LogP contribution in [0, 0.1) is 0 Å². The maximum absolute atomic E-state index is 11.9. The van der Waals surface area contributed by atoms with Gasteiger partial charge in [0.05, 0.1) is 18.7 Å². The van der Waals surface area contributed by atoms with E-state index in [4.69, 9.17) is 5.84 Å². The van der Waals surface area contributed by atoms with Gasteiger partial charge in [-0.25, -0.2) is 33.9 Å². The summed E-state index contributed by atoms with van der Waals surface area (Å²) in [4.78, 5) is 11.3. The third-order valence-corrected chi connectivity index (χ3v) is 3.70. The minimum absolute atomic E-state index is 0.0165. The number of nitrogens with two attached hydrogens (primary N) is 1. The van der Waals surface area contributed by atoms with Gasteiger partial charge < -0.3 is 4.57 Å². The average molecular weight is 283 g/mol. The van der Waals surface area contributed by atoms with Crippen molar-refractivity contribution in [2.24, 2.45) is 5.84 Å². The standard InChI is InChI=1S/C9H13N7O2S/c10-15-9-12-5-8(6-13-9)19(17,18)14-2-4-16-3-1-11-7-16/h1,3,5-7,14H,2,4,10H2,(H,12,13,15). The largest absolute Gasteiger partial charge is 0.336 e. The lowest BCUT2D eigenvalue weighted by atomic mass is 10.6. The van der Waals surface area contributed by atoms with Crippen LogP contribution in [0.3, 0.4) is 0 Å². The first-order valence-electron chi connectivity index (χ1n) is 5.36. The summed E-state index contributed by atoms with van der Waals surface area (Å²) in [6.07, 6.45) is 7.35. The molecule has 102 valence electrons. The van der Waals surface area contributed by atoms with E-state index in [-0.39, 0.29) is 17.4 Å². The first kappa shape index (κ1) is 13.4. The zero-order valence-electron chi connectivity index (χ0n) is 9.89. The molecule has 0 aromatic carbocycles. The van der Waals surface area contributed by atoms with Gasteiger partial charge >= 0.3 is 0 Å². The Bertz CT molecular complexity index is 609. The molecule has 2 aromatic heterocycles. The normalized spacial score (nSPS) is 11.4.